The first-order valence-corrected chi connectivity index (χ1v) is 19.6. The van der Waals surface area contributed by atoms with Gasteiger partial charge in [-0.15, -0.1) is 0 Å². The summed E-state index contributed by atoms with van der Waals surface area (Å²) in [6, 6.07) is 66.8. The van der Waals surface area contributed by atoms with Crippen LogP contribution in [0.15, 0.2) is 188 Å². The van der Waals surface area contributed by atoms with E-state index < -0.39 is 7.14 Å². The van der Waals surface area contributed by atoms with E-state index in [9.17, 15) is 0 Å². The quantitative estimate of drug-likeness (QED) is 0.131. The molecule has 0 amide bonds. The molecule has 0 radical (unpaired) electrons. The van der Waals surface area contributed by atoms with Gasteiger partial charge in [0.2, 0.25) is 0 Å². The minimum absolute atomic E-state index is 0.828. The smallest absolute Gasteiger partial charge is 0.171 e. The number of benzene rings is 11. The fourth-order valence-corrected chi connectivity index (χ4v) is 11.5. The zero-order valence-corrected chi connectivity index (χ0v) is 29.1. The van der Waals surface area contributed by atoms with Crippen molar-refractivity contribution in [3.05, 3.63) is 188 Å². The maximum atomic E-state index is 16.1. The number of hydrogen-bond acceptors (Lipinski definition) is 1. The van der Waals surface area contributed by atoms with Gasteiger partial charge in [0.15, 0.2) is 7.14 Å². The van der Waals surface area contributed by atoms with Crippen molar-refractivity contribution < 1.29 is 4.57 Å². The highest BCUT2D eigenvalue weighted by Gasteiger charge is 2.31. The molecule has 11 aromatic rings. The van der Waals surface area contributed by atoms with E-state index in [1.54, 1.807) is 0 Å². The number of rotatable bonds is 5. The van der Waals surface area contributed by atoms with E-state index in [1.165, 1.54) is 64.6 Å². The van der Waals surface area contributed by atoms with Crippen LogP contribution >= 0.6 is 7.14 Å². The normalized spacial score (nSPS) is 12.3. The van der Waals surface area contributed by atoms with E-state index in [0.29, 0.717) is 0 Å². The van der Waals surface area contributed by atoms with Gasteiger partial charge in [0, 0.05) is 15.9 Å². The molecule has 0 bridgehead atoms. The lowest BCUT2D eigenvalue weighted by atomic mass is 9.90. The topological polar surface area (TPSA) is 17.1 Å². The minimum atomic E-state index is -3.31. The lowest BCUT2D eigenvalue weighted by Crippen LogP contribution is -2.25. The van der Waals surface area contributed by atoms with Crippen LogP contribution in [-0.2, 0) is 4.57 Å². The molecule has 0 fully saturated rings. The van der Waals surface area contributed by atoms with E-state index in [4.69, 9.17) is 0 Å². The standard InChI is InChI=1S/C50H31OP/c51-52(40-14-2-1-3-15-40,41-16-6-12-38(30-41)43-26-22-36-20-18-32-8-4-10-34-24-28-45(43)49(36)47(32)34)42-17-7-13-39(31-42)44-27-23-37-21-19-33-9-5-11-35-25-29-46(44)50(37)48(33)35/h1-31H. The van der Waals surface area contributed by atoms with Crippen LogP contribution < -0.4 is 15.9 Å². The first-order valence-electron chi connectivity index (χ1n) is 17.9. The Balaban J connectivity index is 1.11. The van der Waals surface area contributed by atoms with Crippen LogP contribution in [0.3, 0.4) is 0 Å². The first kappa shape index (κ1) is 29.5. The summed E-state index contributed by atoms with van der Waals surface area (Å²) in [5.74, 6) is 0. The molecule has 0 saturated carbocycles. The average Bonchev–Trinajstić information content (AvgIpc) is 3.22. The van der Waals surface area contributed by atoms with E-state index in [-0.39, 0.29) is 0 Å². The van der Waals surface area contributed by atoms with Crippen molar-refractivity contribution in [2.24, 2.45) is 0 Å². The van der Waals surface area contributed by atoms with Gasteiger partial charge in [0.25, 0.3) is 0 Å². The van der Waals surface area contributed by atoms with E-state index in [0.717, 1.165) is 38.2 Å². The molecule has 0 aliphatic rings. The molecule has 2 heteroatoms. The van der Waals surface area contributed by atoms with Crippen LogP contribution in [0.4, 0.5) is 0 Å². The summed E-state index contributed by atoms with van der Waals surface area (Å²) in [4.78, 5) is 0. The van der Waals surface area contributed by atoms with E-state index in [2.05, 4.69) is 158 Å². The average molecular weight is 679 g/mol. The van der Waals surface area contributed by atoms with Crippen LogP contribution in [0.5, 0.6) is 0 Å². The molecule has 1 nitrogen and oxygen atoms in total. The lowest BCUT2D eigenvalue weighted by Gasteiger charge is -2.22. The van der Waals surface area contributed by atoms with Crippen molar-refractivity contribution in [1.29, 1.82) is 0 Å². The van der Waals surface area contributed by atoms with E-state index in [1.807, 2.05) is 30.3 Å². The van der Waals surface area contributed by atoms with Gasteiger partial charge in [0.1, 0.15) is 0 Å². The molecule has 11 aromatic carbocycles. The van der Waals surface area contributed by atoms with Crippen molar-refractivity contribution in [3.63, 3.8) is 0 Å². The molecule has 11 rings (SSSR count). The Hall–Kier alpha value is -6.27. The predicted molar refractivity (Wildman–Crippen MR) is 224 cm³/mol. The van der Waals surface area contributed by atoms with Crippen molar-refractivity contribution in [2.45, 2.75) is 0 Å². The van der Waals surface area contributed by atoms with E-state index >= 15 is 4.57 Å². The second-order valence-corrected chi connectivity index (χ2v) is 16.8. The monoisotopic (exact) mass is 678 g/mol. The van der Waals surface area contributed by atoms with Crippen molar-refractivity contribution in [2.75, 3.05) is 0 Å². The van der Waals surface area contributed by atoms with Gasteiger partial charge in [-0.1, -0.05) is 176 Å². The molecule has 0 aliphatic heterocycles. The van der Waals surface area contributed by atoms with Gasteiger partial charge in [-0.25, -0.2) is 0 Å². The summed E-state index contributed by atoms with van der Waals surface area (Å²) in [6.45, 7) is 0. The second-order valence-electron chi connectivity index (χ2n) is 14.0. The molecule has 0 N–H and O–H groups in total. The molecular formula is C50H31OP. The SMILES string of the molecule is O=P(c1ccccc1)(c1cccc(-c2ccc3ccc4cccc5ccc2c3c45)c1)c1cccc(-c2ccc3ccc4cccc5ccc2c3c45)c1. The second kappa shape index (κ2) is 11.1. The molecule has 0 saturated heterocycles. The third-order valence-electron chi connectivity index (χ3n) is 11.2. The summed E-state index contributed by atoms with van der Waals surface area (Å²) in [5, 5.41) is 17.5. The van der Waals surface area contributed by atoms with Crippen LogP contribution in [-0.4, -0.2) is 0 Å². The zero-order valence-electron chi connectivity index (χ0n) is 28.3. The molecule has 242 valence electrons. The number of hydrogen-bond donors (Lipinski definition) is 0. The third-order valence-corrected chi connectivity index (χ3v) is 14.3. The maximum Gasteiger partial charge on any atom is 0.171 e. The van der Waals surface area contributed by atoms with Crippen molar-refractivity contribution >= 4 is 87.7 Å². The van der Waals surface area contributed by atoms with Gasteiger partial charge in [-0.2, -0.15) is 0 Å². The maximum absolute atomic E-state index is 16.1. The van der Waals surface area contributed by atoms with Gasteiger partial charge in [-0.05, 0) is 99.0 Å². The Morgan fingerprint density at radius 1 is 0.288 bits per heavy atom. The molecule has 0 aliphatic carbocycles. The van der Waals surface area contributed by atoms with Crippen LogP contribution in [0.2, 0.25) is 0 Å². The van der Waals surface area contributed by atoms with Crippen LogP contribution in [0.1, 0.15) is 0 Å². The first-order chi connectivity index (χ1) is 25.6. The Bertz CT molecular complexity index is 2990. The molecule has 0 aromatic heterocycles. The zero-order chi connectivity index (χ0) is 34.4. The Labute approximate surface area is 301 Å². The van der Waals surface area contributed by atoms with Crippen LogP contribution in [0, 0.1) is 0 Å². The molecule has 0 atom stereocenters. The highest BCUT2D eigenvalue weighted by molar-refractivity contribution is 7.85. The molecular weight excluding hydrogens is 648 g/mol. The van der Waals surface area contributed by atoms with Gasteiger partial charge in [-0.3, -0.25) is 0 Å². The summed E-state index contributed by atoms with van der Waals surface area (Å²) in [5.41, 5.74) is 4.42. The van der Waals surface area contributed by atoms with Gasteiger partial charge < -0.3 is 4.57 Å². The fraction of sp³-hybridized carbons (Fsp3) is 0. The molecule has 0 heterocycles. The molecule has 0 spiro atoms. The largest absolute Gasteiger partial charge is 0.309 e. The van der Waals surface area contributed by atoms with Crippen LogP contribution in [0.25, 0.3) is 86.9 Å². The van der Waals surface area contributed by atoms with Gasteiger partial charge >= 0.3 is 0 Å². The van der Waals surface area contributed by atoms with Gasteiger partial charge in [0.05, 0.1) is 0 Å². The predicted octanol–water partition coefficient (Wildman–Crippen LogP) is 12.5. The Morgan fingerprint density at radius 2 is 0.654 bits per heavy atom. The Morgan fingerprint density at radius 3 is 1.12 bits per heavy atom. The summed E-state index contributed by atoms with van der Waals surface area (Å²) >= 11 is 0. The minimum Gasteiger partial charge on any atom is -0.309 e. The summed E-state index contributed by atoms with van der Waals surface area (Å²) in [7, 11) is -3.31. The highest BCUT2D eigenvalue weighted by Crippen LogP contribution is 2.46. The Kier molecular flexibility index (Phi) is 6.30. The fourth-order valence-electron chi connectivity index (χ4n) is 8.80. The molecule has 52 heavy (non-hydrogen) atoms. The summed E-state index contributed by atoms with van der Waals surface area (Å²) in [6.07, 6.45) is 0. The summed E-state index contributed by atoms with van der Waals surface area (Å²) < 4.78 is 16.1. The highest BCUT2D eigenvalue weighted by atomic mass is 31.2. The van der Waals surface area contributed by atoms with Crippen molar-refractivity contribution in [3.8, 4) is 22.3 Å². The van der Waals surface area contributed by atoms with Crippen molar-refractivity contribution in [1.82, 2.24) is 0 Å². The third kappa shape index (κ3) is 4.21. The lowest BCUT2D eigenvalue weighted by molar-refractivity contribution is 0.592. The molecule has 0 unspecified atom stereocenters.